The van der Waals surface area contributed by atoms with Crippen molar-refractivity contribution in [2.75, 3.05) is 0 Å². The van der Waals surface area contributed by atoms with E-state index in [1.807, 2.05) is 17.5 Å². The molecule has 2 aromatic rings. The Hall–Kier alpha value is -1.60. The van der Waals surface area contributed by atoms with Gasteiger partial charge in [-0.25, -0.2) is 0 Å². The van der Waals surface area contributed by atoms with Gasteiger partial charge in [0.05, 0.1) is 10.6 Å². The van der Waals surface area contributed by atoms with Gasteiger partial charge in [0.25, 0.3) is 0 Å². The van der Waals surface area contributed by atoms with Crippen LogP contribution >= 0.6 is 11.3 Å². The van der Waals surface area contributed by atoms with Gasteiger partial charge in [-0.3, -0.25) is 0 Å². The van der Waals surface area contributed by atoms with Crippen LogP contribution in [-0.2, 0) is 0 Å². The maximum Gasteiger partial charge on any atom is 0.194 e. The molecule has 0 atom stereocenters. The number of nitrogens with zero attached hydrogens (tertiary/aromatic N) is 2. The topological polar surface area (TPSA) is 49.8 Å². The van der Waals surface area contributed by atoms with Gasteiger partial charge in [-0.1, -0.05) is 11.2 Å². The van der Waals surface area contributed by atoms with Crippen molar-refractivity contribution >= 4 is 11.3 Å². The monoisotopic (exact) mass is 190 g/mol. The average molecular weight is 190 g/mol. The van der Waals surface area contributed by atoms with E-state index in [-0.39, 0.29) is 0 Å². The minimum absolute atomic E-state index is 0.530. The molecule has 2 heterocycles. The van der Waals surface area contributed by atoms with Gasteiger partial charge >= 0.3 is 0 Å². The van der Waals surface area contributed by atoms with Crippen molar-refractivity contribution in [1.29, 1.82) is 5.26 Å². The second-order valence-electron chi connectivity index (χ2n) is 2.56. The fourth-order valence-electron chi connectivity index (χ4n) is 1.08. The van der Waals surface area contributed by atoms with Gasteiger partial charge in [-0.2, -0.15) is 5.26 Å². The fraction of sp³-hybridized carbons (Fsp3) is 0.111. The van der Waals surface area contributed by atoms with Crippen LogP contribution in [0.3, 0.4) is 0 Å². The Morgan fingerprint density at radius 2 is 2.46 bits per heavy atom. The number of thiophene rings is 1. The van der Waals surface area contributed by atoms with Crippen LogP contribution in [-0.4, -0.2) is 5.16 Å². The van der Waals surface area contributed by atoms with Crippen molar-refractivity contribution in [3.63, 3.8) is 0 Å². The molecule has 64 valence electrons. The van der Waals surface area contributed by atoms with Crippen molar-refractivity contribution in [1.82, 2.24) is 5.16 Å². The molecular weight excluding hydrogens is 184 g/mol. The Kier molecular flexibility index (Phi) is 1.87. The van der Waals surface area contributed by atoms with Gasteiger partial charge in [0, 0.05) is 0 Å². The molecule has 2 aromatic heterocycles. The van der Waals surface area contributed by atoms with E-state index in [2.05, 4.69) is 11.2 Å². The molecule has 0 N–H and O–H groups in total. The molecular formula is C9H6N2OS. The minimum atomic E-state index is 0.530. The zero-order valence-corrected chi connectivity index (χ0v) is 7.76. The van der Waals surface area contributed by atoms with Gasteiger partial charge in [0.15, 0.2) is 5.76 Å². The Bertz CT molecular complexity index is 450. The highest BCUT2D eigenvalue weighted by molar-refractivity contribution is 7.13. The van der Waals surface area contributed by atoms with Crippen molar-refractivity contribution in [3.05, 3.63) is 28.8 Å². The summed E-state index contributed by atoms with van der Waals surface area (Å²) in [5.41, 5.74) is 1.17. The number of rotatable bonds is 1. The predicted molar refractivity (Wildman–Crippen MR) is 49.3 cm³/mol. The van der Waals surface area contributed by atoms with Gasteiger partial charge in [-0.05, 0) is 18.4 Å². The molecule has 2 rings (SSSR count). The third-order valence-corrected chi connectivity index (χ3v) is 2.59. The Morgan fingerprint density at radius 3 is 3.08 bits per heavy atom. The van der Waals surface area contributed by atoms with Crippen LogP contribution in [0.25, 0.3) is 10.6 Å². The second kappa shape index (κ2) is 3.04. The normalized spacial score (nSPS) is 9.85. The Balaban J connectivity index is 2.60. The molecule has 3 nitrogen and oxygen atoms in total. The summed E-state index contributed by atoms with van der Waals surface area (Å²) < 4.78 is 5.07. The lowest BCUT2D eigenvalue weighted by atomic mass is 10.2. The van der Waals surface area contributed by atoms with Crippen LogP contribution in [0.15, 0.2) is 22.0 Å². The largest absolute Gasteiger partial charge is 0.354 e. The first-order valence-electron chi connectivity index (χ1n) is 3.73. The van der Waals surface area contributed by atoms with E-state index in [1.165, 1.54) is 11.3 Å². The molecule has 0 aliphatic carbocycles. The van der Waals surface area contributed by atoms with Crippen LogP contribution in [0.5, 0.6) is 0 Å². The van der Waals surface area contributed by atoms with Crippen LogP contribution in [0.4, 0.5) is 0 Å². The van der Waals surface area contributed by atoms with Crippen LogP contribution < -0.4 is 0 Å². The van der Waals surface area contributed by atoms with E-state index >= 15 is 0 Å². The lowest BCUT2D eigenvalue weighted by molar-refractivity contribution is 0.428. The summed E-state index contributed by atoms with van der Waals surface area (Å²) in [4.78, 5) is 0.942. The molecule has 0 amide bonds. The smallest absolute Gasteiger partial charge is 0.194 e. The Morgan fingerprint density at radius 1 is 1.62 bits per heavy atom. The number of hydrogen-bond acceptors (Lipinski definition) is 4. The first-order valence-corrected chi connectivity index (χ1v) is 4.61. The molecule has 0 radical (unpaired) electrons. The molecule has 0 saturated carbocycles. The first-order chi connectivity index (χ1) is 6.33. The fourth-order valence-corrected chi connectivity index (χ4v) is 1.78. The first kappa shape index (κ1) is 8.02. The third-order valence-electron chi connectivity index (χ3n) is 1.72. The zero-order chi connectivity index (χ0) is 9.26. The van der Waals surface area contributed by atoms with Crippen molar-refractivity contribution in [3.8, 4) is 16.7 Å². The Labute approximate surface area is 79.2 Å². The standard InChI is InChI=1S/C9H6N2OS/c1-6-7(5-10)9(12-11-6)8-3-2-4-13-8/h2-4H,1H3. The molecule has 0 aromatic carbocycles. The van der Waals surface area contributed by atoms with Gasteiger partial charge in [-0.15, -0.1) is 11.3 Å². The van der Waals surface area contributed by atoms with Gasteiger partial charge in [0.1, 0.15) is 11.6 Å². The summed E-state index contributed by atoms with van der Waals surface area (Å²) >= 11 is 1.53. The summed E-state index contributed by atoms with van der Waals surface area (Å²) in [6, 6.07) is 5.91. The molecule has 0 unspecified atom stereocenters. The molecule has 0 fully saturated rings. The number of hydrogen-bond donors (Lipinski definition) is 0. The minimum Gasteiger partial charge on any atom is -0.354 e. The number of aryl methyl sites for hydroxylation is 1. The lowest BCUT2D eigenvalue weighted by Gasteiger charge is -1.87. The highest BCUT2D eigenvalue weighted by atomic mass is 32.1. The van der Waals surface area contributed by atoms with E-state index in [9.17, 15) is 0 Å². The molecule has 4 heteroatoms. The van der Waals surface area contributed by atoms with Gasteiger partial charge < -0.3 is 4.52 Å². The lowest BCUT2D eigenvalue weighted by Crippen LogP contribution is -1.77. The zero-order valence-electron chi connectivity index (χ0n) is 6.94. The van der Waals surface area contributed by atoms with E-state index in [4.69, 9.17) is 9.78 Å². The van der Waals surface area contributed by atoms with E-state index in [0.29, 0.717) is 17.0 Å². The molecule has 13 heavy (non-hydrogen) atoms. The van der Waals surface area contributed by atoms with Crippen LogP contribution in [0.1, 0.15) is 11.3 Å². The van der Waals surface area contributed by atoms with Crippen molar-refractivity contribution < 1.29 is 4.52 Å². The maximum absolute atomic E-state index is 8.84. The molecule has 0 spiro atoms. The highest BCUT2D eigenvalue weighted by Gasteiger charge is 2.14. The van der Waals surface area contributed by atoms with Crippen molar-refractivity contribution in [2.45, 2.75) is 6.92 Å². The molecule has 0 saturated heterocycles. The van der Waals surface area contributed by atoms with Crippen LogP contribution in [0.2, 0.25) is 0 Å². The SMILES string of the molecule is Cc1noc(-c2cccs2)c1C#N. The van der Waals surface area contributed by atoms with Gasteiger partial charge in [0.2, 0.25) is 0 Å². The maximum atomic E-state index is 8.84. The predicted octanol–water partition coefficient (Wildman–Crippen LogP) is 2.58. The molecule has 0 aliphatic heterocycles. The van der Waals surface area contributed by atoms with E-state index in [0.717, 1.165) is 4.88 Å². The van der Waals surface area contributed by atoms with Crippen molar-refractivity contribution in [2.24, 2.45) is 0 Å². The van der Waals surface area contributed by atoms with Crippen LogP contribution in [0, 0.1) is 18.3 Å². The number of aromatic nitrogens is 1. The summed E-state index contributed by atoms with van der Waals surface area (Å²) in [5.74, 6) is 0.579. The summed E-state index contributed by atoms with van der Waals surface area (Å²) in [6.07, 6.45) is 0. The summed E-state index contributed by atoms with van der Waals surface area (Å²) in [7, 11) is 0. The average Bonchev–Trinajstić information content (AvgIpc) is 2.71. The third kappa shape index (κ3) is 1.23. The highest BCUT2D eigenvalue weighted by Crippen LogP contribution is 2.28. The molecule has 0 aliphatic rings. The second-order valence-corrected chi connectivity index (χ2v) is 3.51. The number of nitriles is 1. The summed E-state index contributed by atoms with van der Waals surface area (Å²) in [6.45, 7) is 1.76. The van der Waals surface area contributed by atoms with E-state index in [1.54, 1.807) is 6.92 Å². The quantitative estimate of drug-likeness (QED) is 0.694. The summed E-state index contributed by atoms with van der Waals surface area (Å²) in [5, 5.41) is 14.5. The van der Waals surface area contributed by atoms with E-state index < -0.39 is 0 Å². The molecule has 0 bridgehead atoms.